The van der Waals surface area contributed by atoms with Crippen molar-refractivity contribution in [3.8, 4) is 0 Å². The molecule has 0 unspecified atom stereocenters. The first kappa shape index (κ1) is 12.5. The minimum atomic E-state index is -3.48. The molecule has 1 aromatic rings. The molecule has 2 rings (SSSR count). The summed E-state index contributed by atoms with van der Waals surface area (Å²) in [5.74, 6) is -0.00368. The van der Waals surface area contributed by atoms with E-state index in [0.29, 0.717) is 18.7 Å². The zero-order chi connectivity index (χ0) is 12.5. The van der Waals surface area contributed by atoms with Crippen molar-refractivity contribution in [3.63, 3.8) is 0 Å². The lowest BCUT2D eigenvalue weighted by Crippen LogP contribution is -2.54. The highest BCUT2D eigenvalue weighted by Crippen LogP contribution is 2.19. The molecule has 1 aliphatic heterocycles. The molecule has 0 atom stereocenters. The molecule has 0 spiro atoms. The average Bonchev–Trinajstić information content (AvgIpc) is 2.22. The van der Waals surface area contributed by atoms with Gasteiger partial charge in [-0.1, -0.05) is 30.3 Å². The summed E-state index contributed by atoms with van der Waals surface area (Å²) in [5.41, 5.74) is 0.643. The van der Waals surface area contributed by atoms with Crippen LogP contribution in [-0.2, 0) is 9.05 Å². The third kappa shape index (κ3) is 3.06. The van der Waals surface area contributed by atoms with Gasteiger partial charge in [0.2, 0.25) is 9.05 Å². The molecule has 4 nitrogen and oxygen atoms in total. The van der Waals surface area contributed by atoms with Crippen molar-refractivity contribution in [2.24, 2.45) is 0 Å². The zero-order valence-corrected chi connectivity index (χ0v) is 10.6. The highest BCUT2D eigenvalue weighted by molar-refractivity contribution is 8.14. The van der Waals surface area contributed by atoms with Crippen LogP contribution >= 0.6 is 10.7 Å². The van der Waals surface area contributed by atoms with Crippen LogP contribution in [0.15, 0.2) is 30.3 Å². The Morgan fingerprint density at radius 3 is 2.41 bits per heavy atom. The molecular formula is C11H12ClNO3S. The maximum Gasteiger partial charge on any atom is 0.237 e. The Morgan fingerprint density at radius 1 is 1.29 bits per heavy atom. The molecule has 0 amide bonds. The fourth-order valence-corrected chi connectivity index (χ4v) is 2.86. The minimum Gasteiger partial charge on any atom is -0.293 e. The second kappa shape index (κ2) is 4.76. The van der Waals surface area contributed by atoms with Crippen molar-refractivity contribution in [1.29, 1.82) is 0 Å². The molecule has 1 aliphatic rings. The largest absolute Gasteiger partial charge is 0.293 e. The van der Waals surface area contributed by atoms with Crippen LogP contribution < -0.4 is 0 Å². The van der Waals surface area contributed by atoms with Gasteiger partial charge in [-0.2, -0.15) is 0 Å². The molecular weight excluding hydrogens is 262 g/mol. The topological polar surface area (TPSA) is 54.5 Å². The number of hydrogen-bond donors (Lipinski definition) is 0. The van der Waals surface area contributed by atoms with Crippen molar-refractivity contribution in [1.82, 2.24) is 4.90 Å². The van der Waals surface area contributed by atoms with Crippen molar-refractivity contribution in [2.45, 2.75) is 5.25 Å². The number of rotatable bonds is 4. The Morgan fingerprint density at radius 2 is 1.88 bits per heavy atom. The van der Waals surface area contributed by atoms with E-state index in [0.717, 1.165) is 0 Å². The fraction of sp³-hybridized carbons (Fsp3) is 0.364. The summed E-state index contributed by atoms with van der Waals surface area (Å²) in [6.45, 7) is 0.918. The number of carbonyl (C=O) groups excluding carboxylic acids is 1. The second-order valence-corrected chi connectivity index (χ2v) is 6.99. The third-order valence-corrected chi connectivity index (χ3v) is 4.64. The van der Waals surface area contributed by atoms with Gasteiger partial charge in [0.15, 0.2) is 5.78 Å². The number of ketones is 1. The van der Waals surface area contributed by atoms with Crippen LogP contribution in [0.3, 0.4) is 0 Å². The van der Waals surface area contributed by atoms with Crippen LogP contribution in [0.5, 0.6) is 0 Å². The molecule has 0 radical (unpaired) electrons. The Hall–Kier alpha value is -0.910. The molecule has 0 aromatic heterocycles. The molecule has 1 heterocycles. The second-order valence-electron chi connectivity index (χ2n) is 4.08. The first-order chi connectivity index (χ1) is 7.97. The fourth-order valence-electron chi connectivity index (χ4n) is 1.75. The van der Waals surface area contributed by atoms with Crippen LogP contribution in [0.2, 0.25) is 0 Å². The predicted octanol–water partition coefficient (Wildman–Crippen LogP) is 1.12. The van der Waals surface area contributed by atoms with Crippen LogP contribution in [0.25, 0.3) is 0 Å². The number of benzene rings is 1. The Balaban J connectivity index is 1.87. The summed E-state index contributed by atoms with van der Waals surface area (Å²) in [4.78, 5) is 13.6. The smallest absolute Gasteiger partial charge is 0.237 e. The van der Waals surface area contributed by atoms with Gasteiger partial charge in [0.1, 0.15) is 5.25 Å². The highest BCUT2D eigenvalue weighted by Gasteiger charge is 2.36. The van der Waals surface area contributed by atoms with E-state index >= 15 is 0 Å². The summed E-state index contributed by atoms with van der Waals surface area (Å²) < 4.78 is 21.9. The van der Waals surface area contributed by atoms with Crippen molar-refractivity contribution < 1.29 is 13.2 Å². The van der Waals surface area contributed by atoms with E-state index < -0.39 is 14.3 Å². The molecule has 1 aromatic carbocycles. The SMILES string of the molecule is O=C(CN1CC(S(=O)(=O)Cl)C1)c1ccccc1. The number of nitrogens with zero attached hydrogens (tertiary/aromatic N) is 1. The highest BCUT2D eigenvalue weighted by atomic mass is 35.7. The van der Waals surface area contributed by atoms with Crippen LogP contribution in [-0.4, -0.2) is 44.0 Å². The lowest BCUT2D eigenvalue weighted by Gasteiger charge is -2.36. The van der Waals surface area contributed by atoms with E-state index in [1.165, 1.54) is 0 Å². The number of halogens is 1. The third-order valence-electron chi connectivity index (χ3n) is 2.78. The first-order valence-electron chi connectivity index (χ1n) is 5.21. The van der Waals surface area contributed by atoms with E-state index in [2.05, 4.69) is 0 Å². The van der Waals surface area contributed by atoms with Gasteiger partial charge in [-0.05, 0) is 0 Å². The lowest BCUT2D eigenvalue weighted by molar-refractivity contribution is 0.0880. The van der Waals surface area contributed by atoms with Crippen LogP contribution in [0.4, 0.5) is 0 Å². The van der Waals surface area contributed by atoms with Gasteiger partial charge in [0.25, 0.3) is 0 Å². The molecule has 0 aliphatic carbocycles. The number of likely N-dealkylation sites (tertiary alicyclic amines) is 1. The van der Waals surface area contributed by atoms with Gasteiger partial charge in [-0.15, -0.1) is 0 Å². The van der Waals surface area contributed by atoms with Gasteiger partial charge >= 0.3 is 0 Å². The summed E-state index contributed by atoms with van der Waals surface area (Å²) >= 11 is 0. The summed E-state index contributed by atoms with van der Waals surface area (Å²) in [6.07, 6.45) is 0. The van der Waals surface area contributed by atoms with E-state index in [1.54, 1.807) is 29.2 Å². The van der Waals surface area contributed by atoms with Crippen molar-refractivity contribution in [3.05, 3.63) is 35.9 Å². The zero-order valence-electron chi connectivity index (χ0n) is 9.04. The molecule has 0 saturated carbocycles. The van der Waals surface area contributed by atoms with Crippen molar-refractivity contribution >= 4 is 25.5 Å². The van der Waals surface area contributed by atoms with E-state index in [4.69, 9.17) is 10.7 Å². The minimum absolute atomic E-state index is 0.00368. The number of carbonyl (C=O) groups is 1. The number of hydrogen-bond acceptors (Lipinski definition) is 4. The van der Waals surface area contributed by atoms with Gasteiger partial charge in [-0.3, -0.25) is 9.69 Å². The molecule has 1 fully saturated rings. The standard InChI is InChI=1S/C11H12ClNO3S/c12-17(15,16)10-6-13(7-10)8-11(14)9-4-2-1-3-5-9/h1-5,10H,6-8H2. The Bertz CT molecular complexity index is 509. The first-order valence-corrected chi connectivity index (χ1v) is 7.58. The Kier molecular flexibility index (Phi) is 3.51. The monoisotopic (exact) mass is 273 g/mol. The molecule has 0 bridgehead atoms. The Labute approximate surface area is 105 Å². The van der Waals surface area contributed by atoms with Crippen LogP contribution in [0.1, 0.15) is 10.4 Å². The van der Waals surface area contributed by atoms with E-state index in [9.17, 15) is 13.2 Å². The normalized spacial score (nSPS) is 17.7. The molecule has 1 saturated heterocycles. The summed E-state index contributed by atoms with van der Waals surface area (Å²) in [7, 11) is 1.73. The average molecular weight is 274 g/mol. The van der Waals surface area contributed by atoms with Crippen molar-refractivity contribution in [2.75, 3.05) is 19.6 Å². The molecule has 92 valence electrons. The maximum absolute atomic E-state index is 11.8. The van der Waals surface area contributed by atoms with E-state index in [-0.39, 0.29) is 12.3 Å². The summed E-state index contributed by atoms with van der Waals surface area (Å²) in [5, 5.41) is -0.534. The number of Topliss-reactive ketones (excluding diaryl/α,β-unsaturated/α-hetero) is 1. The maximum atomic E-state index is 11.8. The lowest BCUT2D eigenvalue weighted by atomic mass is 10.1. The summed E-state index contributed by atoms with van der Waals surface area (Å²) in [6, 6.07) is 8.94. The van der Waals surface area contributed by atoms with Gasteiger partial charge < -0.3 is 0 Å². The van der Waals surface area contributed by atoms with Crippen LogP contribution in [0, 0.1) is 0 Å². The molecule has 6 heteroatoms. The van der Waals surface area contributed by atoms with Gasteiger partial charge in [0, 0.05) is 29.3 Å². The van der Waals surface area contributed by atoms with E-state index in [1.807, 2.05) is 6.07 Å². The quantitative estimate of drug-likeness (QED) is 0.609. The molecule has 0 N–H and O–H groups in total. The van der Waals surface area contributed by atoms with Gasteiger partial charge in [-0.25, -0.2) is 8.42 Å². The van der Waals surface area contributed by atoms with Gasteiger partial charge in [0.05, 0.1) is 6.54 Å². The molecule has 17 heavy (non-hydrogen) atoms. The predicted molar refractivity (Wildman–Crippen MR) is 65.8 cm³/mol.